The molecule has 1 unspecified atom stereocenters. The molecule has 0 radical (unpaired) electrons. The van der Waals surface area contributed by atoms with Gasteiger partial charge in [-0.15, -0.1) is 6.42 Å². The lowest BCUT2D eigenvalue weighted by Gasteiger charge is -2.27. The van der Waals surface area contributed by atoms with Crippen LogP contribution in [0.2, 0.25) is 0 Å². The fourth-order valence-electron chi connectivity index (χ4n) is 0.782. The van der Waals surface area contributed by atoms with Gasteiger partial charge >= 0.3 is 7.82 Å². The average molecular weight is 222 g/mol. The SMILES string of the molecule is C#CC[N+](C)(C)CCOP(=O)(O)OC. The van der Waals surface area contributed by atoms with E-state index in [-0.39, 0.29) is 6.61 Å². The second kappa shape index (κ2) is 5.50. The molecule has 0 fully saturated rings. The Kier molecular flexibility index (Phi) is 5.35. The van der Waals surface area contributed by atoms with Gasteiger partial charge in [0.2, 0.25) is 0 Å². The van der Waals surface area contributed by atoms with Crippen LogP contribution in [0.5, 0.6) is 0 Å². The van der Waals surface area contributed by atoms with Gasteiger partial charge in [-0.25, -0.2) is 4.57 Å². The Balaban J connectivity index is 3.86. The van der Waals surface area contributed by atoms with Crippen molar-refractivity contribution in [3.05, 3.63) is 0 Å². The van der Waals surface area contributed by atoms with E-state index in [9.17, 15) is 4.57 Å². The lowest BCUT2D eigenvalue weighted by molar-refractivity contribution is -0.883. The van der Waals surface area contributed by atoms with E-state index in [0.717, 1.165) is 7.11 Å². The van der Waals surface area contributed by atoms with Gasteiger partial charge in [-0.2, -0.15) is 0 Å². The highest BCUT2D eigenvalue weighted by Gasteiger charge is 2.21. The molecule has 5 nitrogen and oxygen atoms in total. The van der Waals surface area contributed by atoms with Crippen LogP contribution >= 0.6 is 7.82 Å². The second-order valence-electron chi connectivity index (χ2n) is 3.51. The molecule has 0 saturated carbocycles. The number of phosphoric ester groups is 1. The molecule has 0 aromatic heterocycles. The van der Waals surface area contributed by atoms with Crippen LogP contribution in [-0.4, -0.2) is 50.3 Å². The normalized spacial score (nSPS) is 15.9. The maximum Gasteiger partial charge on any atom is 0.472 e. The van der Waals surface area contributed by atoms with E-state index >= 15 is 0 Å². The molecule has 82 valence electrons. The third kappa shape index (κ3) is 6.14. The molecular formula is C8H17NO4P+. The van der Waals surface area contributed by atoms with Crippen molar-refractivity contribution in [2.24, 2.45) is 0 Å². The molecule has 0 aromatic carbocycles. The summed E-state index contributed by atoms with van der Waals surface area (Å²) in [4.78, 5) is 8.91. The van der Waals surface area contributed by atoms with E-state index in [1.54, 1.807) is 0 Å². The fourth-order valence-corrected chi connectivity index (χ4v) is 1.20. The summed E-state index contributed by atoms with van der Waals surface area (Å²) in [5.41, 5.74) is 0. The van der Waals surface area contributed by atoms with Gasteiger partial charge in [0.1, 0.15) is 19.7 Å². The lowest BCUT2D eigenvalue weighted by atomic mass is 10.4. The van der Waals surface area contributed by atoms with Crippen LogP contribution in [-0.2, 0) is 13.6 Å². The molecule has 0 aliphatic carbocycles. The first-order valence-corrected chi connectivity index (χ1v) is 5.61. The Morgan fingerprint density at radius 3 is 2.57 bits per heavy atom. The van der Waals surface area contributed by atoms with E-state index < -0.39 is 7.82 Å². The van der Waals surface area contributed by atoms with Gasteiger partial charge in [0.25, 0.3) is 0 Å². The van der Waals surface area contributed by atoms with Gasteiger partial charge in [-0.1, -0.05) is 0 Å². The van der Waals surface area contributed by atoms with Gasteiger partial charge in [0, 0.05) is 7.11 Å². The fraction of sp³-hybridized carbons (Fsp3) is 0.750. The first-order valence-electron chi connectivity index (χ1n) is 4.11. The standard InChI is InChI=1S/C8H16NO4P/c1-5-6-9(2,3)7-8-13-14(10,11)12-4/h1H,6-8H2,2-4H3/p+1. The molecule has 0 spiro atoms. The summed E-state index contributed by atoms with van der Waals surface area (Å²) in [5, 5.41) is 0. The maximum atomic E-state index is 10.9. The summed E-state index contributed by atoms with van der Waals surface area (Å²) in [6.45, 7) is 1.24. The van der Waals surface area contributed by atoms with Crippen molar-refractivity contribution in [1.29, 1.82) is 0 Å². The zero-order chi connectivity index (χ0) is 11.2. The third-order valence-corrected chi connectivity index (χ3v) is 2.67. The molecule has 0 aliphatic heterocycles. The molecule has 0 saturated heterocycles. The van der Waals surface area contributed by atoms with Crippen LogP contribution in [0, 0.1) is 12.3 Å². The lowest BCUT2D eigenvalue weighted by Crippen LogP contribution is -2.42. The smallest absolute Gasteiger partial charge is 0.316 e. The second-order valence-corrected chi connectivity index (χ2v) is 5.07. The molecule has 0 aliphatic rings. The predicted molar refractivity (Wildman–Crippen MR) is 53.5 cm³/mol. The van der Waals surface area contributed by atoms with Crippen molar-refractivity contribution in [2.75, 3.05) is 40.9 Å². The van der Waals surface area contributed by atoms with Crippen LogP contribution in [0.25, 0.3) is 0 Å². The minimum atomic E-state index is -3.84. The van der Waals surface area contributed by atoms with Crippen molar-refractivity contribution in [2.45, 2.75) is 0 Å². The Morgan fingerprint density at radius 2 is 2.14 bits per heavy atom. The number of hydrogen-bond acceptors (Lipinski definition) is 3. The molecule has 1 atom stereocenters. The van der Waals surface area contributed by atoms with Crippen LogP contribution in [0.4, 0.5) is 0 Å². The quantitative estimate of drug-likeness (QED) is 0.403. The van der Waals surface area contributed by atoms with Crippen LogP contribution in [0.1, 0.15) is 0 Å². The van der Waals surface area contributed by atoms with Gasteiger partial charge in [0.15, 0.2) is 0 Å². The maximum absolute atomic E-state index is 10.9. The third-order valence-electron chi connectivity index (χ3n) is 1.70. The largest absolute Gasteiger partial charge is 0.472 e. The molecule has 14 heavy (non-hydrogen) atoms. The predicted octanol–water partition coefficient (Wildman–Crippen LogP) is 0.459. The molecule has 0 amide bonds. The monoisotopic (exact) mass is 222 g/mol. The van der Waals surface area contributed by atoms with E-state index in [4.69, 9.17) is 11.3 Å². The topological polar surface area (TPSA) is 55.8 Å². The Hall–Kier alpha value is -0.370. The highest BCUT2D eigenvalue weighted by molar-refractivity contribution is 7.47. The van der Waals surface area contributed by atoms with E-state index in [1.165, 1.54) is 0 Å². The number of hydrogen-bond donors (Lipinski definition) is 1. The van der Waals surface area contributed by atoms with Gasteiger partial charge in [-0.05, 0) is 5.92 Å². The van der Waals surface area contributed by atoms with Crippen molar-refractivity contribution in [1.82, 2.24) is 0 Å². The molecule has 0 heterocycles. The number of quaternary nitrogens is 1. The first kappa shape index (κ1) is 13.6. The molecule has 0 aromatic rings. The van der Waals surface area contributed by atoms with Crippen LogP contribution in [0.3, 0.4) is 0 Å². The van der Waals surface area contributed by atoms with Crippen molar-refractivity contribution in [3.8, 4) is 12.3 Å². The minimum absolute atomic E-state index is 0.135. The number of rotatable bonds is 6. The zero-order valence-electron chi connectivity index (χ0n) is 8.77. The summed E-state index contributed by atoms with van der Waals surface area (Å²) < 4.78 is 20.4. The zero-order valence-corrected chi connectivity index (χ0v) is 9.66. The van der Waals surface area contributed by atoms with E-state index in [1.807, 2.05) is 14.1 Å². The van der Waals surface area contributed by atoms with E-state index in [2.05, 4.69) is 15.0 Å². The summed E-state index contributed by atoms with van der Waals surface area (Å²) in [6, 6.07) is 0. The highest BCUT2D eigenvalue weighted by atomic mass is 31.2. The van der Waals surface area contributed by atoms with Crippen LogP contribution in [0.15, 0.2) is 0 Å². The number of likely N-dealkylation sites (N-methyl/N-ethyl adjacent to an activating group) is 1. The molecule has 6 heteroatoms. The average Bonchev–Trinajstić information content (AvgIpc) is 2.03. The van der Waals surface area contributed by atoms with Crippen molar-refractivity contribution >= 4 is 7.82 Å². The summed E-state index contributed by atoms with van der Waals surface area (Å²) in [5.74, 6) is 2.52. The van der Waals surface area contributed by atoms with Crippen molar-refractivity contribution < 1.29 is 23.0 Å². The number of nitrogens with zero attached hydrogens (tertiary/aromatic N) is 1. The first-order chi connectivity index (χ1) is 6.33. The summed E-state index contributed by atoms with van der Waals surface area (Å²) in [6.07, 6.45) is 5.16. The van der Waals surface area contributed by atoms with E-state index in [0.29, 0.717) is 17.6 Å². The highest BCUT2D eigenvalue weighted by Crippen LogP contribution is 2.41. The Bertz CT molecular complexity index is 259. The molecule has 0 bridgehead atoms. The van der Waals surface area contributed by atoms with Gasteiger partial charge in [0.05, 0.1) is 14.1 Å². The van der Waals surface area contributed by atoms with Gasteiger partial charge < -0.3 is 9.38 Å². The van der Waals surface area contributed by atoms with Crippen LogP contribution < -0.4 is 0 Å². The van der Waals surface area contributed by atoms with Crippen molar-refractivity contribution in [3.63, 3.8) is 0 Å². The number of phosphoric acid groups is 1. The molecule has 0 rings (SSSR count). The molecular weight excluding hydrogens is 205 g/mol. The minimum Gasteiger partial charge on any atom is -0.316 e. The van der Waals surface area contributed by atoms with Gasteiger partial charge in [-0.3, -0.25) is 9.05 Å². The number of terminal acetylenes is 1. The summed E-state index contributed by atoms with van der Waals surface area (Å²) in [7, 11) is 1.12. The summed E-state index contributed by atoms with van der Waals surface area (Å²) >= 11 is 0. The Morgan fingerprint density at radius 1 is 1.57 bits per heavy atom. The Labute approximate surface area is 84.8 Å². The molecule has 1 N–H and O–H groups in total.